The number of phosphoric acid groups is 1. The number of quaternary nitrogens is 1. The summed E-state index contributed by atoms with van der Waals surface area (Å²) in [5, 5.41) is 14.1. The third-order valence-electron chi connectivity index (χ3n) is 13.1. The van der Waals surface area contributed by atoms with E-state index in [1.165, 1.54) is 225 Å². The third kappa shape index (κ3) is 49.2. The fourth-order valence-corrected chi connectivity index (χ4v) is 9.43. The van der Waals surface area contributed by atoms with Crippen molar-refractivity contribution in [2.45, 2.75) is 302 Å². The monoisotopic (exact) mass is 916 g/mol. The lowest BCUT2D eigenvalue weighted by molar-refractivity contribution is -0.870. The van der Waals surface area contributed by atoms with Gasteiger partial charge in [-0.3, -0.25) is 13.8 Å². The van der Waals surface area contributed by atoms with E-state index in [9.17, 15) is 19.4 Å². The molecule has 3 atom stereocenters. The summed E-state index contributed by atoms with van der Waals surface area (Å²) in [7, 11) is 1.64. The number of hydrogen-bond acceptors (Lipinski definition) is 5. The molecule has 3 N–H and O–H groups in total. The van der Waals surface area contributed by atoms with Crippen LogP contribution in [-0.4, -0.2) is 73.4 Å². The summed E-state index contributed by atoms with van der Waals surface area (Å²) < 4.78 is 23.8. The maximum Gasteiger partial charge on any atom is 0.472 e. The molecule has 0 heterocycles. The van der Waals surface area contributed by atoms with Gasteiger partial charge in [0.25, 0.3) is 0 Å². The van der Waals surface area contributed by atoms with Crippen LogP contribution in [0.4, 0.5) is 0 Å². The fourth-order valence-electron chi connectivity index (χ4n) is 8.70. The zero-order valence-electron chi connectivity index (χ0n) is 43.1. The van der Waals surface area contributed by atoms with Gasteiger partial charge in [-0.1, -0.05) is 271 Å². The first-order chi connectivity index (χ1) is 30.5. The van der Waals surface area contributed by atoms with E-state index < -0.39 is 20.0 Å². The number of carbonyl (C=O) groups excluding carboxylic acids is 1. The highest BCUT2D eigenvalue weighted by atomic mass is 31.2. The number of amides is 1. The predicted molar refractivity (Wildman–Crippen MR) is 272 cm³/mol. The lowest BCUT2D eigenvalue weighted by Gasteiger charge is -2.26. The van der Waals surface area contributed by atoms with Crippen molar-refractivity contribution in [1.82, 2.24) is 5.32 Å². The molecule has 1 amide bonds. The van der Waals surface area contributed by atoms with Gasteiger partial charge in [0.05, 0.1) is 39.9 Å². The quantitative estimate of drug-likeness (QED) is 0.0319. The van der Waals surface area contributed by atoms with E-state index in [-0.39, 0.29) is 19.1 Å². The molecule has 0 aliphatic carbocycles. The Kier molecular flexibility index (Phi) is 46.2. The molecule has 8 nitrogen and oxygen atoms in total. The van der Waals surface area contributed by atoms with Crippen molar-refractivity contribution in [3.8, 4) is 0 Å². The van der Waals surface area contributed by atoms with Crippen LogP contribution in [0.5, 0.6) is 0 Å². The van der Waals surface area contributed by atoms with E-state index in [0.29, 0.717) is 23.9 Å². The largest absolute Gasteiger partial charge is 0.472 e. The molecule has 0 aromatic rings. The number of aliphatic hydroxyl groups excluding tert-OH is 1. The minimum atomic E-state index is -4.32. The third-order valence-corrected chi connectivity index (χ3v) is 14.1. The van der Waals surface area contributed by atoms with Gasteiger partial charge in [-0.15, -0.1) is 0 Å². The number of phosphoric ester groups is 1. The molecule has 3 unspecified atom stereocenters. The van der Waals surface area contributed by atoms with Gasteiger partial charge in [0, 0.05) is 6.42 Å². The van der Waals surface area contributed by atoms with Crippen molar-refractivity contribution in [1.29, 1.82) is 0 Å². The Hall–Kier alpha value is -0.500. The maximum absolute atomic E-state index is 13.0. The van der Waals surface area contributed by atoms with Crippen LogP contribution in [0, 0.1) is 0 Å². The molecule has 0 aliphatic heterocycles. The highest BCUT2D eigenvalue weighted by Gasteiger charge is 2.28. The number of rotatable bonds is 52. The maximum atomic E-state index is 13.0. The van der Waals surface area contributed by atoms with Crippen molar-refractivity contribution in [2.75, 3.05) is 40.9 Å². The van der Waals surface area contributed by atoms with Gasteiger partial charge in [-0.25, -0.2) is 4.57 Å². The van der Waals surface area contributed by atoms with Crippen molar-refractivity contribution >= 4 is 13.7 Å². The van der Waals surface area contributed by atoms with Crippen LogP contribution in [-0.2, 0) is 18.4 Å². The molecule has 0 aromatic heterocycles. The van der Waals surface area contributed by atoms with Gasteiger partial charge in [0.1, 0.15) is 13.2 Å². The van der Waals surface area contributed by atoms with E-state index in [4.69, 9.17) is 9.05 Å². The van der Waals surface area contributed by atoms with E-state index in [1.54, 1.807) is 0 Å². The minimum absolute atomic E-state index is 0.0791. The Balaban J connectivity index is 4.14. The van der Waals surface area contributed by atoms with E-state index in [2.05, 4.69) is 19.2 Å². The Labute approximate surface area is 393 Å². The van der Waals surface area contributed by atoms with Crippen molar-refractivity contribution in [3.63, 3.8) is 0 Å². The molecular weight excluding hydrogens is 804 g/mol. The number of carbonyl (C=O) groups is 1. The standard InChI is InChI=1S/C54H111N2O6P/c1-6-8-10-12-14-16-18-20-22-24-25-26-27-28-29-30-32-33-35-37-39-41-43-45-47-53(57)52(51-62-63(59,60)61-50-49-56(3,4)5)55-54(58)48-46-44-42-40-38-36-34-31-23-21-19-17-15-13-11-9-7-2/h52-53,57H,6-51H2,1-5H3,(H-,55,58,59,60)/p+1. The summed E-state index contributed by atoms with van der Waals surface area (Å²) in [5.41, 5.74) is 0. The second kappa shape index (κ2) is 46.6. The average Bonchev–Trinajstić information content (AvgIpc) is 3.24. The molecule has 0 bridgehead atoms. The summed E-state index contributed by atoms with van der Waals surface area (Å²) in [6.45, 7) is 4.94. The van der Waals surface area contributed by atoms with Crippen LogP contribution in [0.1, 0.15) is 290 Å². The van der Waals surface area contributed by atoms with Crippen LogP contribution < -0.4 is 5.32 Å². The fraction of sp³-hybridized carbons (Fsp3) is 0.981. The number of likely N-dealkylation sites (N-methyl/N-ethyl adjacent to an activating group) is 1. The van der Waals surface area contributed by atoms with Crippen LogP contribution >= 0.6 is 7.82 Å². The SMILES string of the molecule is CCCCCCCCCCCCCCCCCCCCCCCCCCC(O)C(COP(=O)(O)OCC[N+](C)(C)C)NC(=O)CCCCCCCCCCCCCCCCCCC. The van der Waals surface area contributed by atoms with Crippen LogP contribution in [0.2, 0.25) is 0 Å². The van der Waals surface area contributed by atoms with Crippen LogP contribution in [0.15, 0.2) is 0 Å². The molecule has 0 spiro atoms. The molecule has 0 saturated heterocycles. The molecule has 9 heteroatoms. The topological polar surface area (TPSA) is 105 Å². The molecule has 378 valence electrons. The van der Waals surface area contributed by atoms with Gasteiger partial charge >= 0.3 is 7.82 Å². The first-order valence-electron chi connectivity index (χ1n) is 27.9. The van der Waals surface area contributed by atoms with Crippen LogP contribution in [0.25, 0.3) is 0 Å². The second-order valence-corrected chi connectivity index (χ2v) is 22.1. The predicted octanol–water partition coefficient (Wildman–Crippen LogP) is 16.5. The number of aliphatic hydroxyl groups is 1. The normalized spacial score (nSPS) is 14.0. The minimum Gasteiger partial charge on any atom is -0.391 e. The molecule has 0 fully saturated rings. The Morgan fingerprint density at radius 3 is 1.06 bits per heavy atom. The first kappa shape index (κ1) is 62.5. The zero-order chi connectivity index (χ0) is 46.4. The van der Waals surface area contributed by atoms with Gasteiger partial charge in [-0.2, -0.15) is 0 Å². The van der Waals surface area contributed by atoms with E-state index in [1.807, 2.05) is 21.1 Å². The van der Waals surface area contributed by atoms with E-state index >= 15 is 0 Å². The highest BCUT2D eigenvalue weighted by molar-refractivity contribution is 7.47. The van der Waals surface area contributed by atoms with Crippen molar-refractivity contribution in [2.24, 2.45) is 0 Å². The van der Waals surface area contributed by atoms with Gasteiger partial charge < -0.3 is 19.8 Å². The Bertz CT molecular complexity index is 994. The summed E-state index contributed by atoms with van der Waals surface area (Å²) in [5.74, 6) is -0.137. The number of nitrogens with one attached hydrogen (secondary N) is 1. The molecule has 0 radical (unpaired) electrons. The molecule has 0 saturated carbocycles. The smallest absolute Gasteiger partial charge is 0.391 e. The van der Waals surface area contributed by atoms with Gasteiger partial charge in [0.2, 0.25) is 5.91 Å². The number of hydrogen-bond donors (Lipinski definition) is 3. The van der Waals surface area contributed by atoms with Gasteiger partial charge in [-0.05, 0) is 12.8 Å². The molecular formula is C54H112N2O6P+. The lowest BCUT2D eigenvalue weighted by atomic mass is 10.0. The molecule has 0 aliphatic rings. The summed E-state index contributed by atoms with van der Waals surface area (Å²) >= 11 is 0. The summed E-state index contributed by atoms with van der Waals surface area (Å²) in [4.78, 5) is 23.3. The Morgan fingerprint density at radius 1 is 0.476 bits per heavy atom. The molecule has 0 rings (SSSR count). The lowest BCUT2D eigenvalue weighted by Crippen LogP contribution is -2.46. The summed E-state index contributed by atoms with van der Waals surface area (Å²) in [6.07, 6.45) is 54.3. The van der Waals surface area contributed by atoms with Crippen LogP contribution in [0.3, 0.4) is 0 Å². The second-order valence-electron chi connectivity index (χ2n) is 20.7. The zero-order valence-corrected chi connectivity index (χ0v) is 44.0. The highest BCUT2D eigenvalue weighted by Crippen LogP contribution is 2.43. The Morgan fingerprint density at radius 2 is 0.762 bits per heavy atom. The molecule has 0 aromatic carbocycles. The van der Waals surface area contributed by atoms with Crippen molar-refractivity contribution in [3.05, 3.63) is 0 Å². The first-order valence-corrected chi connectivity index (χ1v) is 29.4. The van der Waals surface area contributed by atoms with Crippen molar-refractivity contribution < 1.29 is 32.9 Å². The average molecular weight is 916 g/mol. The number of unbranched alkanes of at least 4 members (excludes halogenated alkanes) is 39. The molecule has 63 heavy (non-hydrogen) atoms. The van der Waals surface area contributed by atoms with Gasteiger partial charge in [0.15, 0.2) is 0 Å². The summed E-state index contributed by atoms with van der Waals surface area (Å²) in [6, 6.07) is -0.754. The number of nitrogens with zero attached hydrogens (tertiary/aromatic N) is 1. The van der Waals surface area contributed by atoms with E-state index in [0.717, 1.165) is 38.5 Å².